The molecule has 1 aromatic heterocycles. The van der Waals surface area contributed by atoms with Gasteiger partial charge < -0.3 is 19.1 Å². The fourth-order valence-corrected chi connectivity index (χ4v) is 4.36. The van der Waals surface area contributed by atoms with E-state index < -0.39 is 0 Å². The van der Waals surface area contributed by atoms with Gasteiger partial charge in [0.15, 0.2) is 11.5 Å². The van der Waals surface area contributed by atoms with Gasteiger partial charge in [-0.3, -0.25) is 19.5 Å². The Morgan fingerprint density at radius 2 is 1.64 bits per heavy atom. The summed E-state index contributed by atoms with van der Waals surface area (Å²) in [4.78, 5) is 33.0. The van der Waals surface area contributed by atoms with Crippen molar-refractivity contribution < 1.29 is 23.8 Å². The first-order valence-corrected chi connectivity index (χ1v) is 12.6. The number of methoxy groups -OCH3 is 3. The molecule has 1 fully saturated rings. The SMILES string of the molecule is COc1ccc(C(=O)N(CC(=O)Nc2nc(-c3ccccc3)cn2-c2ccc(OC)c(OC)c2)C2CC2)cc1. The van der Waals surface area contributed by atoms with E-state index in [1.54, 1.807) is 61.1 Å². The molecule has 39 heavy (non-hydrogen) atoms. The molecule has 0 atom stereocenters. The maximum atomic E-state index is 13.3. The van der Waals surface area contributed by atoms with Gasteiger partial charge in [-0.05, 0) is 49.2 Å². The van der Waals surface area contributed by atoms with Gasteiger partial charge in [-0.25, -0.2) is 4.98 Å². The molecule has 0 aliphatic heterocycles. The molecule has 0 unspecified atom stereocenters. The first-order valence-electron chi connectivity index (χ1n) is 12.6. The third-order valence-corrected chi connectivity index (χ3v) is 6.57. The number of anilines is 1. The summed E-state index contributed by atoms with van der Waals surface area (Å²) in [6.45, 7) is -0.0883. The first kappa shape index (κ1) is 25.8. The van der Waals surface area contributed by atoms with Crippen LogP contribution < -0.4 is 19.5 Å². The lowest BCUT2D eigenvalue weighted by atomic mass is 10.2. The predicted octanol–water partition coefficient (Wildman–Crippen LogP) is 4.81. The molecule has 0 spiro atoms. The molecule has 9 nitrogen and oxygen atoms in total. The molecule has 3 aromatic carbocycles. The molecule has 5 rings (SSSR count). The minimum Gasteiger partial charge on any atom is -0.497 e. The Morgan fingerprint density at radius 3 is 2.28 bits per heavy atom. The van der Waals surface area contributed by atoms with Gasteiger partial charge in [0, 0.05) is 29.4 Å². The quantitative estimate of drug-likeness (QED) is 0.319. The average Bonchev–Trinajstić information content (AvgIpc) is 3.75. The van der Waals surface area contributed by atoms with E-state index in [4.69, 9.17) is 19.2 Å². The number of imidazole rings is 1. The zero-order valence-corrected chi connectivity index (χ0v) is 22.1. The molecule has 0 saturated heterocycles. The van der Waals surface area contributed by atoms with Crippen LogP contribution in [0.3, 0.4) is 0 Å². The highest BCUT2D eigenvalue weighted by Crippen LogP contribution is 2.32. The van der Waals surface area contributed by atoms with E-state index in [9.17, 15) is 9.59 Å². The van der Waals surface area contributed by atoms with E-state index in [0.29, 0.717) is 34.5 Å². The van der Waals surface area contributed by atoms with Gasteiger partial charge >= 0.3 is 0 Å². The Morgan fingerprint density at radius 1 is 0.923 bits per heavy atom. The second-order valence-electron chi connectivity index (χ2n) is 9.17. The van der Waals surface area contributed by atoms with Crippen molar-refractivity contribution in [2.24, 2.45) is 0 Å². The molecule has 0 radical (unpaired) electrons. The minimum atomic E-state index is -0.337. The van der Waals surface area contributed by atoms with Crippen LogP contribution in [0.15, 0.2) is 79.0 Å². The number of nitrogens with zero attached hydrogens (tertiary/aromatic N) is 3. The summed E-state index contributed by atoms with van der Waals surface area (Å²) in [6, 6.07) is 22.1. The lowest BCUT2D eigenvalue weighted by molar-refractivity contribution is -0.117. The number of hydrogen-bond donors (Lipinski definition) is 1. The lowest BCUT2D eigenvalue weighted by Gasteiger charge is -2.22. The molecular formula is C30H30N4O5. The number of aromatic nitrogens is 2. The Balaban J connectivity index is 1.42. The molecule has 1 N–H and O–H groups in total. The fraction of sp³-hybridized carbons (Fsp3) is 0.233. The first-order chi connectivity index (χ1) is 19.0. The van der Waals surface area contributed by atoms with Crippen molar-refractivity contribution in [1.82, 2.24) is 14.5 Å². The molecule has 1 aliphatic carbocycles. The fourth-order valence-electron chi connectivity index (χ4n) is 4.36. The van der Waals surface area contributed by atoms with Crippen molar-refractivity contribution in [1.29, 1.82) is 0 Å². The summed E-state index contributed by atoms with van der Waals surface area (Å²) in [7, 11) is 4.72. The van der Waals surface area contributed by atoms with Crippen molar-refractivity contribution >= 4 is 17.8 Å². The van der Waals surface area contributed by atoms with Crippen LogP contribution in [-0.4, -0.2) is 60.2 Å². The van der Waals surface area contributed by atoms with Crippen LogP contribution in [0.5, 0.6) is 17.2 Å². The molecule has 200 valence electrons. The number of hydrogen-bond acceptors (Lipinski definition) is 6. The highest BCUT2D eigenvalue weighted by atomic mass is 16.5. The van der Waals surface area contributed by atoms with E-state index in [0.717, 1.165) is 24.1 Å². The molecule has 0 bridgehead atoms. The second kappa shape index (κ2) is 11.3. The average molecular weight is 527 g/mol. The minimum absolute atomic E-state index is 0.0378. The highest BCUT2D eigenvalue weighted by Gasteiger charge is 2.34. The summed E-state index contributed by atoms with van der Waals surface area (Å²) >= 11 is 0. The number of rotatable bonds is 10. The predicted molar refractivity (Wildman–Crippen MR) is 148 cm³/mol. The van der Waals surface area contributed by atoms with Crippen molar-refractivity contribution in [3.8, 4) is 34.2 Å². The van der Waals surface area contributed by atoms with Crippen molar-refractivity contribution in [2.45, 2.75) is 18.9 Å². The van der Waals surface area contributed by atoms with Crippen LogP contribution >= 0.6 is 0 Å². The number of carbonyl (C=O) groups is 2. The van der Waals surface area contributed by atoms with Gasteiger partial charge in [-0.15, -0.1) is 0 Å². The molecule has 1 aliphatic rings. The number of ether oxygens (including phenoxy) is 3. The van der Waals surface area contributed by atoms with Gasteiger partial charge in [0.05, 0.1) is 32.7 Å². The van der Waals surface area contributed by atoms with Gasteiger partial charge in [0.25, 0.3) is 5.91 Å². The second-order valence-corrected chi connectivity index (χ2v) is 9.17. The summed E-state index contributed by atoms with van der Waals surface area (Å²) < 4.78 is 17.8. The van der Waals surface area contributed by atoms with E-state index in [1.165, 1.54) is 0 Å². The number of nitrogens with one attached hydrogen (secondary N) is 1. The Hall–Kier alpha value is -4.79. The van der Waals surface area contributed by atoms with E-state index in [1.807, 2.05) is 48.7 Å². The summed E-state index contributed by atoms with van der Waals surface area (Å²) in [6.07, 6.45) is 3.59. The summed E-state index contributed by atoms with van der Waals surface area (Å²) in [5.41, 5.74) is 2.83. The van der Waals surface area contributed by atoms with Crippen LogP contribution in [-0.2, 0) is 4.79 Å². The number of amides is 2. The van der Waals surface area contributed by atoms with Crippen LogP contribution in [0.25, 0.3) is 16.9 Å². The summed E-state index contributed by atoms with van der Waals surface area (Å²) in [5, 5.41) is 2.93. The number of carbonyl (C=O) groups excluding carboxylic acids is 2. The van der Waals surface area contributed by atoms with Crippen LogP contribution in [0.2, 0.25) is 0 Å². The van der Waals surface area contributed by atoms with Crippen molar-refractivity contribution in [2.75, 3.05) is 33.2 Å². The van der Waals surface area contributed by atoms with Gasteiger partial charge in [0.1, 0.15) is 12.3 Å². The van der Waals surface area contributed by atoms with Gasteiger partial charge in [-0.1, -0.05) is 30.3 Å². The van der Waals surface area contributed by atoms with Crippen LogP contribution in [0, 0.1) is 0 Å². The Labute approximate surface area is 226 Å². The van der Waals surface area contributed by atoms with Crippen molar-refractivity contribution in [3.05, 3.63) is 84.6 Å². The molecule has 2 amide bonds. The van der Waals surface area contributed by atoms with E-state index >= 15 is 0 Å². The normalized spacial score (nSPS) is 12.5. The molecule has 1 saturated carbocycles. The molecule has 1 heterocycles. The Kier molecular flexibility index (Phi) is 7.49. The maximum Gasteiger partial charge on any atom is 0.254 e. The zero-order chi connectivity index (χ0) is 27.4. The Bertz CT molecular complexity index is 1460. The van der Waals surface area contributed by atoms with Crippen LogP contribution in [0.1, 0.15) is 23.2 Å². The smallest absolute Gasteiger partial charge is 0.254 e. The van der Waals surface area contributed by atoms with Crippen molar-refractivity contribution in [3.63, 3.8) is 0 Å². The van der Waals surface area contributed by atoms with Crippen LogP contribution in [0.4, 0.5) is 5.95 Å². The van der Waals surface area contributed by atoms with Gasteiger partial charge in [-0.2, -0.15) is 0 Å². The third-order valence-electron chi connectivity index (χ3n) is 6.57. The lowest BCUT2D eigenvalue weighted by Crippen LogP contribution is -2.39. The van der Waals surface area contributed by atoms with E-state index in [2.05, 4.69) is 5.32 Å². The highest BCUT2D eigenvalue weighted by molar-refractivity contribution is 5.99. The van der Waals surface area contributed by atoms with E-state index in [-0.39, 0.29) is 24.4 Å². The third kappa shape index (κ3) is 5.72. The maximum absolute atomic E-state index is 13.3. The largest absolute Gasteiger partial charge is 0.497 e. The molecule has 4 aromatic rings. The summed E-state index contributed by atoms with van der Waals surface area (Å²) in [5.74, 6) is 1.61. The molecular weight excluding hydrogens is 496 g/mol. The zero-order valence-electron chi connectivity index (χ0n) is 22.1. The standard InChI is InChI=1S/C30H30N4O5/c1-37-24-14-9-21(10-15-24)29(36)33(22-11-12-22)19-28(35)32-30-31-25(20-7-5-4-6-8-20)18-34(30)23-13-16-26(38-2)27(17-23)39-3/h4-10,13-18,22H,11-12,19H2,1-3H3,(H,31,32,35). The monoisotopic (exact) mass is 526 g/mol. The topological polar surface area (TPSA) is 94.9 Å². The van der Waals surface area contributed by atoms with Gasteiger partial charge in [0.2, 0.25) is 11.9 Å². The molecule has 9 heteroatoms. The number of benzene rings is 3.